The lowest BCUT2D eigenvalue weighted by Gasteiger charge is -2.42. The fraction of sp³-hybridized carbons (Fsp3) is 0.529. The molecule has 6 rings (SSSR count). The predicted octanol–water partition coefficient (Wildman–Crippen LogP) is 4.12. The summed E-state index contributed by atoms with van der Waals surface area (Å²) in [5.74, 6) is -0.0308. The maximum Gasteiger partial charge on any atom is 0.418 e. The molecule has 3 aliphatic heterocycles. The van der Waals surface area contributed by atoms with Gasteiger partial charge in [-0.05, 0) is 63.5 Å². The fourth-order valence-electron chi connectivity index (χ4n) is 7.09. The van der Waals surface area contributed by atoms with Gasteiger partial charge < -0.3 is 25.2 Å². The van der Waals surface area contributed by atoms with Gasteiger partial charge in [0.25, 0.3) is 5.91 Å². The van der Waals surface area contributed by atoms with Crippen molar-refractivity contribution in [2.75, 3.05) is 65.1 Å². The molecule has 2 aromatic carbocycles. The van der Waals surface area contributed by atoms with Gasteiger partial charge in [0.2, 0.25) is 0 Å². The molecular weight excluding hydrogens is 677 g/mol. The standard InChI is InChI=1S/C34H42ClF3N8O4/c1-42-11-7-24(8-12-42)43-15-17-44(18-16-43)31(47)28(21-22-19-26(34(36,37)38)29(39)27(35)20-22)50-33(49)45-13-9-25(10-14-45)46-32(48)40-30(41-46)23-5-3-2-4-6-23/h2-6,19-20,24-25,28H,7-18,21,39H2,1H3,(H,40,41,48)/t28-/m1/s1. The van der Waals surface area contributed by atoms with Crippen molar-refractivity contribution in [3.8, 4) is 11.4 Å². The van der Waals surface area contributed by atoms with Crippen LogP contribution in [0.15, 0.2) is 47.3 Å². The number of nitrogens with zero attached hydrogens (tertiary/aromatic N) is 6. The Morgan fingerprint density at radius 2 is 1.60 bits per heavy atom. The number of amides is 2. The van der Waals surface area contributed by atoms with Crippen LogP contribution in [0.2, 0.25) is 5.02 Å². The third kappa shape index (κ3) is 8.10. The average Bonchev–Trinajstić information content (AvgIpc) is 3.50. The molecule has 3 fully saturated rings. The molecule has 0 unspecified atom stereocenters. The van der Waals surface area contributed by atoms with E-state index in [1.54, 1.807) is 4.90 Å². The van der Waals surface area contributed by atoms with E-state index in [0.717, 1.165) is 37.6 Å². The number of nitrogens with two attached hydrogens (primary N) is 1. The van der Waals surface area contributed by atoms with Crippen LogP contribution in [0, 0.1) is 0 Å². The molecule has 4 heterocycles. The van der Waals surface area contributed by atoms with Crippen molar-refractivity contribution < 1.29 is 27.5 Å². The molecule has 3 saturated heterocycles. The molecule has 3 aliphatic rings. The molecule has 3 aromatic rings. The number of alkyl halides is 3. The number of aromatic amines is 1. The second-order valence-electron chi connectivity index (χ2n) is 13.3. The van der Waals surface area contributed by atoms with Gasteiger partial charge in [0.1, 0.15) is 0 Å². The highest BCUT2D eigenvalue weighted by Gasteiger charge is 2.37. The van der Waals surface area contributed by atoms with Crippen molar-refractivity contribution >= 4 is 29.3 Å². The quantitative estimate of drug-likeness (QED) is 0.349. The number of halogens is 4. The summed E-state index contributed by atoms with van der Waals surface area (Å²) in [5.41, 5.74) is 4.41. The number of nitrogen functional groups attached to an aromatic ring is 1. The summed E-state index contributed by atoms with van der Waals surface area (Å²) in [6.45, 7) is 4.59. The number of likely N-dealkylation sites (tertiary alicyclic amines) is 2. The normalized spacial score (nSPS) is 19.5. The molecule has 0 aliphatic carbocycles. The summed E-state index contributed by atoms with van der Waals surface area (Å²) < 4.78 is 48.6. The average molecular weight is 719 g/mol. The Balaban J connectivity index is 1.14. The number of piperazine rings is 1. The number of rotatable bonds is 7. The highest BCUT2D eigenvalue weighted by Crippen LogP contribution is 2.38. The Labute approximate surface area is 292 Å². The Hall–Kier alpha value is -4.08. The zero-order valence-corrected chi connectivity index (χ0v) is 28.6. The number of carbonyl (C=O) groups excluding carboxylic acids is 2. The van der Waals surface area contributed by atoms with Crippen LogP contribution in [0.5, 0.6) is 0 Å². The molecule has 0 saturated carbocycles. The van der Waals surface area contributed by atoms with Gasteiger partial charge in [-0.3, -0.25) is 14.7 Å². The van der Waals surface area contributed by atoms with E-state index >= 15 is 0 Å². The van der Waals surface area contributed by atoms with Crippen molar-refractivity contribution in [1.82, 2.24) is 34.4 Å². The summed E-state index contributed by atoms with van der Waals surface area (Å²) in [6.07, 6.45) is -4.32. The van der Waals surface area contributed by atoms with Crippen LogP contribution < -0.4 is 11.4 Å². The number of piperidine rings is 2. The summed E-state index contributed by atoms with van der Waals surface area (Å²) >= 11 is 6.10. The molecule has 0 radical (unpaired) electrons. The molecule has 0 spiro atoms. The summed E-state index contributed by atoms with van der Waals surface area (Å²) in [6, 6.07) is 11.5. The van der Waals surface area contributed by atoms with E-state index in [-0.39, 0.29) is 41.8 Å². The van der Waals surface area contributed by atoms with Gasteiger partial charge in [0, 0.05) is 57.3 Å². The maximum absolute atomic E-state index is 13.9. The van der Waals surface area contributed by atoms with Gasteiger partial charge in [-0.15, -0.1) is 5.10 Å². The second kappa shape index (κ2) is 15.0. The first-order valence-electron chi connectivity index (χ1n) is 16.9. The molecule has 2 amide bonds. The van der Waals surface area contributed by atoms with E-state index in [2.05, 4.69) is 26.9 Å². The minimum atomic E-state index is -4.77. The molecule has 16 heteroatoms. The molecule has 1 aromatic heterocycles. The summed E-state index contributed by atoms with van der Waals surface area (Å²) in [5, 5.41) is 4.18. The Morgan fingerprint density at radius 1 is 0.960 bits per heavy atom. The van der Waals surface area contributed by atoms with E-state index in [9.17, 15) is 27.6 Å². The van der Waals surface area contributed by atoms with Crippen LogP contribution >= 0.6 is 11.6 Å². The summed E-state index contributed by atoms with van der Waals surface area (Å²) in [4.78, 5) is 50.7. The highest BCUT2D eigenvalue weighted by molar-refractivity contribution is 6.33. The van der Waals surface area contributed by atoms with E-state index < -0.39 is 35.5 Å². The van der Waals surface area contributed by atoms with Crippen molar-refractivity contribution in [2.45, 2.75) is 56.5 Å². The first-order chi connectivity index (χ1) is 23.9. The number of benzene rings is 2. The largest absolute Gasteiger partial charge is 0.436 e. The topological polar surface area (TPSA) is 133 Å². The molecular formula is C34H42ClF3N8O4. The SMILES string of the molecule is CN1CCC(N2CCN(C(=O)[C@@H](Cc3cc(Cl)c(N)c(C(F)(F)F)c3)OC(=O)N3CCC(n4nc(-c5ccccc5)[nH]c4=O)CC3)CC2)CC1. The Kier molecular flexibility index (Phi) is 10.7. The van der Waals surface area contributed by atoms with E-state index in [1.807, 2.05) is 30.3 Å². The number of aromatic nitrogens is 3. The monoisotopic (exact) mass is 718 g/mol. The zero-order valence-electron chi connectivity index (χ0n) is 27.9. The van der Waals surface area contributed by atoms with Crippen LogP contribution in [0.3, 0.4) is 0 Å². The lowest BCUT2D eigenvalue weighted by Crippen LogP contribution is -2.56. The molecule has 1 atom stereocenters. The van der Waals surface area contributed by atoms with Crippen LogP contribution in [-0.2, 0) is 22.1 Å². The lowest BCUT2D eigenvalue weighted by atomic mass is 10.0. The lowest BCUT2D eigenvalue weighted by molar-refractivity contribution is -0.143. The van der Waals surface area contributed by atoms with Crippen molar-refractivity contribution in [3.63, 3.8) is 0 Å². The molecule has 0 bridgehead atoms. The predicted molar refractivity (Wildman–Crippen MR) is 182 cm³/mol. The van der Waals surface area contributed by atoms with Crippen molar-refractivity contribution in [3.05, 3.63) is 69.1 Å². The van der Waals surface area contributed by atoms with Crippen molar-refractivity contribution in [2.24, 2.45) is 0 Å². The Bertz CT molecular complexity index is 1710. The fourth-order valence-corrected chi connectivity index (χ4v) is 7.33. The number of hydrogen-bond acceptors (Lipinski definition) is 8. The van der Waals surface area contributed by atoms with Crippen LogP contribution in [0.25, 0.3) is 11.4 Å². The van der Waals surface area contributed by atoms with Gasteiger partial charge in [-0.1, -0.05) is 41.9 Å². The summed E-state index contributed by atoms with van der Waals surface area (Å²) in [7, 11) is 2.10. The molecule has 50 heavy (non-hydrogen) atoms. The molecule has 3 N–H and O–H groups in total. The van der Waals surface area contributed by atoms with Gasteiger partial charge in [-0.2, -0.15) is 13.2 Å². The van der Waals surface area contributed by atoms with Crippen LogP contribution in [0.4, 0.5) is 23.7 Å². The zero-order chi connectivity index (χ0) is 35.6. The van der Waals surface area contributed by atoms with Gasteiger partial charge in [0.05, 0.1) is 22.3 Å². The van der Waals surface area contributed by atoms with Crippen LogP contribution in [-0.4, -0.2) is 118 Å². The smallest absolute Gasteiger partial charge is 0.418 e. The molecule has 12 nitrogen and oxygen atoms in total. The number of carbonyl (C=O) groups is 2. The van der Waals surface area contributed by atoms with Crippen LogP contribution in [0.1, 0.15) is 42.9 Å². The number of ether oxygens (including phenoxy) is 1. The number of hydrogen-bond donors (Lipinski definition) is 2. The van der Waals surface area contributed by atoms with E-state index in [1.165, 1.54) is 15.6 Å². The second-order valence-corrected chi connectivity index (χ2v) is 13.7. The van der Waals surface area contributed by atoms with E-state index in [0.29, 0.717) is 50.9 Å². The number of H-pyrrole nitrogens is 1. The highest BCUT2D eigenvalue weighted by atomic mass is 35.5. The maximum atomic E-state index is 13.9. The van der Waals surface area contributed by atoms with Crippen molar-refractivity contribution in [1.29, 1.82) is 0 Å². The first kappa shape index (κ1) is 35.7. The van der Waals surface area contributed by atoms with Gasteiger partial charge in [-0.25, -0.2) is 14.3 Å². The van der Waals surface area contributed by atoms with Gasteiger partial charge in [0.15, 0.2) is 11.9 Å². The minimum Gasteiger partial charge on any atom is -0.436 e. The number of anilines is 1. The molecule has 270 valence electrons. The third-order valence-corrected chi connectivity index (χ3v) is 10.3. The first-order valence-corrected chi connectivity index (χ1v) is 17.3. The van der Waals surface area contributed by atoms with Gasteiger partial charge >= 0.3 is 18.0 Å². The Morgan fingerprint density at radius 3 is 2.24 bits per heavy atom. The van der Waals surface area contributed by atoms with E-state index in [4.69, 9.17) is 22.1 Å². The minimum absolute atomic E-state index is 0.0680. The third-order valence-electron chi connectivity index (χ3n) is 10.0. The number of nitrogens with one attached hydrogen (secondary N) is 1.